The molecule has 1 aliphatic heterocycles. The van der Waals surface area contributed by atoms with Crippen molar-refractivity contribution in [2.24, 2.45) is 4.99 Å². The van der Waals surface area contributed by atoms with Crippen LogP contribution in [0.15, 0.2) is 40.7 Å². The lowest BCUT2D eigenvalue weighted by Gasteiger charge is -2.34. The van der Waals surface area contributed by atoms with Crippen LogP contribution < -0.4 is 5.32 Å². The molecule has 1 aromatic carbocycles. The van der Waals surface area contributed by atoms with E-state index in [1.54, 1.807) is 11.3 Å². The van der Waals surface area contributed by atoms with Crippen LogP contribution in [0.1, 0.15) is 29.6 Å². The number of guanidine groups is 1. The second-order valence-electron chi connectivity index (χ2n) is 7.91. The average molecular weight is 557 g/mol. The van der Waals surface area contributed by atoms with Crippen LogP contribution in [0.5, 0.6) is 0 Å². The van der Waals surface area contributed by atoms with Crippen LogP contribution in [0.4, 0.5) is 0 Å². The van der Waals surface area contributed by atoms with Crippen LogP contribution in [0.25, 0.3) is 0 Å². The monoisotopic (exact) mass is 556 g/mol. The van der Waals surface area contributed by atoms with E-state index < -0.39 is 0 Å². The third kappa shape index (κ3) is 9.03. The van der Waals surface area contributed by atoms with Gasteiger partial charge in [0, 0.05) is 64.8 Å². The molecule has 0 spiro atoms. The highest BCUT2D eigenvalue weighted by atomic mass is 127. The fourth-order valence-corrected chi connectivity index (χ4v) is 4.36. The van der Waals surface area contributed by atoms with Crippen LogP contribution in [0, 0.1) is 6.92 Å². The zero-order valence-electron chi connectivity index (χ0n) is 19.1. The molecular weight excluding hydrogens is 519 g/mol. The Bertz CT molecular complexity index is 773. The number of thiazole rings is 1. The lowest BCUT2D eigenvalue weighted by atomic mass is 10.2. The van der Waals surface area contributed by atoms with Gasteiger partial charge in [0.15, 0.2) is 5.96 Å². The van der Waals surface area contributed by atoms with Crippen molar-refractivity contribution in [3.05, 3.63) is 52.0 Å². The van der Waals surface area contributed by atoms with E-state index in [0.717, 1.165) is 82.0 Å². The summed E-state index contributed by atoms with van der Waals surface area (Å²) in [5.74, 6) is 0.968. The first-order valence-corrected chi connectivity index (χ1v) is 11.9. The number of piperazine rings is 1. The maximum absolute atomic E-state index is 4.84. The fraction of sp³-hybridized carbons (Fsp3) is 0.565. The van der Waals surface area contributed by atoms with Crippen LogP contribution in [-0.2, 0) is 13.1 Å². The Labute approximate surface area is 208 Å². The zero-order chi connectivity index (χ0) is 21.2. The van der Waals surface area contributed by atoms with Gasteiger partial charge < -0.3 is 15.1 Å². The van der Waals surface area contributed by atoms with Crippen molar-refractivity contribution in [3.8, 4) is 0 Å². The summed E-state index contributed by atoms with van der Waals surface area (Å²) in [6.07, 6.45) is 1.09. The summed E-state index contributed by atoms with van der Waals surface area (Å²) in [4.78, 5) is 16.7. The summed E-state index contributed by atoms with van der Waals surface area (Å²) in [5, 5.41) is 6.65. The third-order valence-corrected chi connectivity index (χ3v) is 6.19. The Morgan fingerprint density at radius 3 is 2.52 bits per heavy atom. The molecule has 6 nitrogen and oxygen atoms in total. The molecule has 0 aliphatic carbocycles. The SMILES string of the molecule is CCNC(=NCCCN1CCN(Cc2ccccc2)CC1)N(C)Cc1csc(C)n1.I. The average Bonchev–Trinajstić information content (AvgIpc) is 3.16. The molecule has 1 N–H and O–H groups in total. The van der Waals surface area contributed by atoms with Gasteiger partial charge >= 0.3 is 0 Å². The lowest BCUT2D eigenvalue weighted by molar-refractivity contribution is 0.127. The Hall–Kier alpha value is -1.23. The van der Waals surface area contributed by atoms with Gasteiger partial charge in [0.25, 0.3) is 0 Å². The molecule has 31 heavy (non-hydrogen) atoms. The van der Waals surface area contributed by atoms with E-state index in [4.69, 9.17) is 4.99 Å². The van der Waals surface area contributed by atoms with E-state index >= 15 is 0 Å². The van der Waals surface area contributed by atoms with Crippen molar-refractivity contribution in [2.75, 3.05) is 52.9 Å². The Morgan fingerprint density at radius 1 is 1.16 bits per heavy atom. The van der Waals surface area contributed by atoms with Gasteiger partial charge in [-0.15, -0.1) is 35.3 Å². The van der Waals surface area contributed by atoms with Crippen molar-refractivity contribution in [1.29, 1.82) is 0 Å². The first kappa shape index (κ1) is 26.0. The minimum atomic E-state index is 0. The Morgan fingerprint density at radius 2 is 1.87 bits per heavy atom. The molecular formula is C23H37IN6S. The summed E-state index contributed by atoms with van der Waals surface area (Å²) in [7, 11) is 2.09. The molecule has 8 heteroatoms. The van der Waals surface area contributed by atoms with E-state index in [1.165, 1.54) is 5.56 Å². The number of aliphatic imine (C=N–C) groups is 1. The second kappa shape index (κ2) is 14.0. The minimum Gasteiger partial charge on any atom is -0.357 e. The number of hydrogen-bond acceptors (Lipinski definition) is 5. The molecule has 0 amide bonds. The van der Waals surface area contributed by atoms with E-state index in [9.17, 15) is 0 Å². The molecule has 1 aliphatic rings. The maximum Gasteiger partial charge on any atom is 0.194 e. The van der Waals surface area contributed by atoms with Gasteiger partial charge in [-0.1, -0.05) is 30.3 Å². The molecule has 2 aromatic rings. The number of halogens is 1. The number of nitrogens with one attached hydrogen (secondary N) is 1. The van der Waals surface area contributed by atoms with E-state index in [0.29, 0.717) is 0 Å². The molecule has 2 heterocycles. The predicted molar refractivity (Wildman–Crippen MR) is 142 cm³/mol. The van der Waals surface area contributed by atoms with Crippen molar-refractivity contribution >= 4 is 41.3 Å². The minimum absolute atomic E-state index is 0. The molecule has 1 aromatic heterocycles. The molecule has 3 rings (SSSR count). The van der Waals surface area contributed by atoms with Crippen molar-refractivity contribution in [2.45, 2.75) is 33.4 Å². The molecule has 1 saturated heterocycles. The highest BCUT2D eigenvalue weighted by Gasteiger charge is 2.16. The molecule has 172 valence electrons. The number of aromatic nitrogens is 1. The van der Waals surface area contributed by atoms with Gasteiger partial charge in [-0.05, 0) is 25.8 Å². The third-order valence-electron chi connectivity index (χ3n) is 5.37. The molecule has 0 unspecified atom stereocenters. The van der Waals surface area contributed by atoms with E-state index in [1.807, 2.05) is 0 Å². The van der Waals surface area contributed by atoms with Crippen LogP contribution in [0.3, 0.4) is 0 Å². The Kier molecular flexibility index (Phi) is 11.8. The molecule has 1 fully saturated rings. The second-order valence-corrected chi connectivity index (χ2v) is 8.97. The van der Waals surface area contributed by atoms with Crippen molar-refractivity contribution in [1.82, 2.24) is 25.0 Å². The van der Waals surface area contributed by atoms with E-state index in [-0.39, 0.29) is 24.0 Å². The Balaban J connectivity index is 0.00000341. The largest absolute Gasteiger partial charge is 0.357 e. The molecule has 0 radical (unpaired) electrons. The van der Waals surface area contributed by atoms with Gasteiger partial charge in [-0.2, -0.15) is 0 Å². The normalized spacial score (nSPS) is 15.5. The molecule has 0 saturated carbocycles. The smallest absolute Gasteiger partial charge is 0.194 e. The number of hydrogen-bond donors (Lipinski definition) is 1. The highest BCUT2D eigenvalue weighted by molar-refractivity contribution is 14.0. The number of aryl methyl sites for hydroxylation is 1. The van der Waals surface area contributed by atoms with Gasteiger partial charge in [-0.25, -0.2) is 4.98 Å². The first-order chi connectivity index (χ1) is 14.6. The topological polar surface area (TPSA) is 47.0 Å². The summed E-state index contributed by atoms with van der Waals surface area (Å²) in [6.45, 7) is 13.5. The summed E-state index contributed by atoms with van der Waals surface area (Å²) >= 11 is 1.70. The van der Waals surface area contributed by atoms with E-state index in [2.05, 4.69) is 81.6 Å². The molecule has 0 bridgehead atoms. The first-order valence-electron chi connectivity index (χ1n) is 11.0. The summed E-state index contributed by atoms with van der Waals surface area (Å²) in [5.41, 5.74) is 2.52. The lowest BCUT2D eigenvalue weighted by Crippen LogP contribution is -2.46. The number of benzene rings is 1. The standard InChI is InChI=1S/C23H36N6S.HI/c1-4-24-23(27(3)18-22-19-30-20(2)26-22)25-11-8-12-28-13-15-29(16-14-28)17-21-9-6-5-7-10-21;/h5-7,9-10,19H,4,8,11-18H2,1-3H3,(H,24,25);1H. The van der Waals surface area contributed by atoms with Crippen LogP contribution >= 0.6 is 35.3 Å². The number of nitrogens with zero attached hydrogens (tertiary/aromatic N) is 5. The van der Waals surface area contributed by atoms with Crippen LogP contribution in [0.2, 0.25) is 0 Å². The fourth-order valence-electron chi connectivity index (χ4n) is 3.76. The van der Waals surface area contributed by atoms with Gasteiger partial charge in [0.1, 0.15) is 0 Å². The van der Waals surface area contributed by atoms with Gasteiger partial charge in [0.05, 0.1) is 17.2 Å². The summed E-state index contributed by atoms with van der Waals surface area (Å²) in [6, 6.07) is 10.8. The predicted octanol–water partition coefficient (Wildman–Crippen LogP) is 3.67. The number of rotatable bonds is 9. The van der Waals surface area contributed by atoms with Crippen molar-refractivity contribution in [3.63, 3.8) is 0 Å². The van der Waals surface area contributed by atoms with Gasteiger partial charge in [0.2, 0.25) is 0 Å². The summed E-state index contributed by atoms with van der Waals surface area (Å²) < 4.78 is 0. The maximum atomic E-state index is 4.84. The van der Waals surface area contributed by atoms with Gasteiger partial charge in [-0.3, -0.25) is 9.89 Å². The van der Waals surface area contributed by atoms with Crippen LogP contribution in [-0.4, -0.2) is 78.5 Å². The highest BCUT2D eigenvalue weighted by Crippen LogP contribution is 2.10. The van der Waals surface area contributed by atoms with Crippen molar-refractivity contribution < 1.29 is 0 Å². The molecule has 0 atom stereocenters. The zero-order valence-corrected chi connectivity index (χ0v) is 22.2. The quantitative estimate of drug-likeness (QED) is 0.221.